The maximum absolute atomic E-state index is 12.4. The number of rotatable bonds is 6. The minimum absolute atomic E-state index is 0.104. The van der Waals surface area contributed by atoms with Crippen LogP contribution in [0.5, 0.6) is 0 Å². The number of hydrogen-bond acceptors (Lipinski definition) is 4. The number of carbonyl (C=O) groups is 1. The number of nitrogens with two attached hydrogens (primary N) is 1. The molecule has 0 aromatic carbocycles. The highest BCUT2D eigenvalue weighted by atomic mass is 16.2. The summed E-state index contributed by atoms with van der Waals surface area (Å²) in [6.07, 6.45) is 0.931. The van der Waals surface area contributed by atoms with E-state index in [0.717, 1.165) is 13.0 Å². The number of carbonyl (C=O) groups excluding carboxylic acids is 1. The minimum atomic E-state index is -0.155. The van der Waals surface area contributed by atoms with Gasteiger partial charge in [0.05, 0.1) is 11.4 Å². The monoisotopic (exact) mass is 281 g/mol. The van der Waals surface area contributed by atoms with Gasteiger partial charge in [-0.15, -0.1) is 0 Å². The zero-order valence-corrected chi connectivity index (χ0v) is 13.4. The molecule has 6 nitrogen and oxygen atoms in total. The van der Waals surface area contributed by atoms with Crippen LogP contribution in [0.15, 0.2) is 0 Å². The van der Waals surface area contributed by atoms with Crippen LogP contribution in [0.3, 0.4) is 0 Å². The number of amides is 1. The minimum Gasteiger partial charge on any atom is -0.395 e. The van der Waals surface area contributed by atoms with Gasteiger partial charge in [0.25, 0.3) is 5.91 Å². The first kappa shape index (κ1) is 16.5. The van der Waals surface area contributed by atoms with Crippen molar-refractivity contribution < 1.29 is 4.79 Å². The summed E-state index contributed by atoms with van der Waals surface area (Å²) in [5.41, 5.74) is 7.51. The summed E-state index contributed by atoms with van der Waals surface area (Å²) < 4.78 is 1.54. The fraction of sp³-hybridized carbons (Fsp3) is 0.714. The van der Waals surface area contributed by atoms with Crippen molar-refractivity contribution >= 4 is 11.6 Å². The molecule has 1 aromatic heterocycles. The quantitative estimate of drug-likeness (QED) is 0.816. The van der Waals surface area contributed by atoms with Gasteiger partial charge in [0.1, 0.15) is 5.69 Å². The Morgan fingerprint density at radius 3 is 2.45 bits per heavy atom. The number of nitrogens with one attached hydrogen (secondary N) is 1. The van der Waals surface area contributed by atoms with Gasteiger partial charge in [0, 0.05) is 19.6 Å². The van der Waals surface area contributed by atoms with E-state index in [2.05, 4.69) is 29.2 Å². The van der Waals surface area contributed by atoms with Crippen LogP contribution in [0, 0.1) is 12.8 Å². The fourth-order valence-electron chi connectivity index (χ4n) is 2.39. The average Bonchev–Trinajstić information content (AvgIpc) is 2.50. The lowest BCUT2D eigenvalue weighted by molar-refractivity contribution is 0.0916. The molecule has 1 aromatic rings. The van der Waals surface area contributed by atoms with Crippen LogP contribution in [-0.4, -0.2) is 47.3 Å². The topological polar surface area (TPSA) is 76.2 Å². The predicted molar refractivity (Wildman–Crippen MR) is 81.6 cm³/mol. The van der Waals surface area contributed by atoms with E-state index >= 15 is 0 Å². The van der Waals surface area contributed by atoms with Crippen LogP contribution in [0.4, 0.5) is 5.69 Å². The van der Waals surface area contributed by atoms with E-state index < -0.39 is 0 Å². The molecule has 6 heteroatoms. The summed E-state index contributed by atoms with van der Waals surface area (Å²) in [6, 6.07) is 0.104. The van der Waals surface area contributed by atoms with Crippen LogP contribution in [0.2, 0.25) is 0 Å². The number of nitrogen functional groups attached to an aromatic ring is 1. The van der Waals surface area contributed by atoms with Crippen molar-refractivity contribution in [1.82, 2.24) is 20.0 Å². The maximum Gasteiger partial charge on any atom is 0.271 e. The first-order valence-corrected chi connectivity index (χ1v) is 6.97. The lowest BCUT2D eigenvalue weighted by Gasteiger charge is -2.24. The van der Waals surface area contributed by atoms with E-state index in [9.17, 15) is 4.79 Å². The smallest absolute Gasteiger partial charge is 0.271 e. The molecule has 0 spiro atoms. The molecule has 0 saturated heterocycles. The van der Waals surface area contributed by atoms with E-state index in [1.54, 1.807) is 18.7 Å². The molecular formula is C14H27N5O. The van der Waals surface area contributed by atoms with Gasteiger partial charge in [-0.3, -0.25) is 9.48 Å². The SMILES string of the molecule is Cc1nn(C)c(C(=O)NC(CC(C)C)CN(C)C)c1N. The average molecular weight is 281 g/mol. The molecule has 0 fully saturated rings. The standard InChI is InChI=1S/C14H27N5O/c1-9(2)7-11(8-18(4)5)16-14(20)13-12(15)10(3)17-19(13)6/h9,11H,7-8,15H2,1-6H3,(H,16,20). The lowest BCUT2D eigenvalue weighted by Crippen LogP contribution is -2.43. The third-order valence-electron chi connectivity index (χ3n) is 3.16. The van der Waals surface area contributed by atoms with Crippen molar-refractivity contribution in [3.8, 4) is 0 Å². The van der Waals surface area contributed by atoms with E-state index in [4.69, 9.17) is 5.73 Å². The Labute approximate surface area is 121 Å². The second-order valence-electron chi connectivity index (χ2n) is 6.03. The summed E-state index contributed by atoms with van der Waals surface area (Å²) in [6.45, 7) is 6.91. The van der Waals surface area contributed by atoms with Crippen LogP contribution in [0.25, 0.3) is 0 Å². The summed E-state index contributed by atoms with van der Waals surface area (Å²) in [4.78, 5) is 14.5. The Balaban J connectivity index is 2.84. The summed E-state index contributed by atoms with van der Waals surface area (Å²) in [5.74, 6) is 0.365. The Kier molecular flexibility index (Phi) is 5.56. The van der Waals surface area contributed by atoms with Gasteiger partial charge < -0.3 is 16.0 Å². The highest BCUT2D eigenvalue weighted by Crippen LogP contribution is 2.16. The highest BCUT2D eigenvalue weighted by Gasteiger charge is 2.21. The molecule has 0 radical (unpaired) electrons. The molecule has 114 valence electrons. The summed E-state index contributed by atoms with van der Waals surface area (Å²) in [7, 11) is 5.74. The van der Waals surface area contributed by atoms with E-state index in [1.165, 1.54) is 0 Å². The molecule has 1 atom stereocenters. The molecule has 0 aliphatic carbocycles. The molecule has 0 aliphatic rings. The van der Waals surface area contributed by atoms with Crippen molar-refractivity contribution in [2.45, 2.75) is 33.2 Å². The molecule has 3 N–H and O–H groups in total. The van der Waals surface area contributed by atoms with Gasteiger partial charge in [-0.25, -0.2) is 0 Å². The Hall–Kier alpha value is -1.56. The number of likely N-dealkylation sites (N-methyl/N-ethyl adjacent to an activating group) is 1. The van der Waals surface area contributed by atoms with Crippen molar-refractivity contribution in [3.05, 3.63) is 11.4 Å². The number of nitrogens with zero attached hydrogens (tertiary/aromatic N) is 3. The number of aromatic nitrogens is 2. The normalized spacial score (nSPS) is 13.0. The molecule has 0 saturated carbocycles. The number of aryl methyl sites for hydroxylation is 2. The number of hydrogen-bond donors (Lipinski definition) is 2. The molecule has 1 heterocycles. The third-order valence-corrected chi connectivity index (χ3v) is 3.16. The zero-order valence-electron chi connectivity index (χ0n) is 13.4. The van der Waals surface area contributed by atoms with Gasteiger partial charge in [-0.2, -0.15) is 5.10 Å². The van der Waals surface area contributed by atoms with E-state index in [1.807, 2.05) is 14.1 Å². The van der Waals surface area contributed by atoms with E-state index in [-0.39, 0.29) is 11.9 Å². The van der Waals surface area contributed by atoms with Crippen LogP contribution < -0.4 is 11.1 Å². The van der Waals surface area contributed by atoms with Crippen LogP contribution >= 0.6 is 0 Å². The molecule has 20 heavy (non-hydrogen) atoms. The Morgan fingerprint density at radius 2 is 2.05 bits per heavy atom. The van der Waals surface area contributed by atoms with Gasteiger partial charge in [0.2, 0.25) is 0 Å². The maximum atomic E-state index is 12.4. The second-order valence-corrected chi connectivity index (χ2v) is 6.03. The highest BCUT2D eigenvalue weighted by molar-refractivity contribution is 5.98. The molecule has 1 rings (SSSR count). The molecule has 1 unspecified atom stereocenters. The van der Waals surface area contributed by atoms with Gasteiger partial charge >= 0.3 is 0 Å². The third kappa shape index (κ3) is 4.23. The summed E-state index contributed by atoms with van der Waals surface area (Å²) >= 11 is 0. The van der Waals surface area contributed by atoms with Gasteiger partial charge in [-0.1, -0.05) is 13.8 Å². The number of anilines is 1. The second kappa shape index (κ2) is 6.74. The first-order valence-electron chi connectivity index (χ1n) is 6.97. The largest absolute Gasteiger partial charge is 0.395 e. The van der Waals surface area contributed by atoms with Crippen LogP contribution in [-0.2, 0) is 7.05 Å². The van der Waals surface area contributed by atoms with Crippen molar-refractivity contribution in [2.75, 3.05) is 26.4 Å². The molecule has 1 amide bonds. The van der Waals surface area contributed by atoms with Crippen molar-refractivity contribution in [2.24, 2.45) is 13.0 Å². The summed E-state index contributed by atoms with van der Waals surface area (Å²) in [5, 5.41) is 7.25. The molecule has 0 bridgehead atoms. The van der Waals surface area contributed by atoms with Crippen molar-refractivity contribution in [3.63, 3.8) is 0 Å². The molecule has 0 aliphatic heterocycles. The van der Waals surface area contributed by atoms with Gasteiger partial charge in [-0.05, 0) is 33.4 Å². The Bertz CT molecular complexity index is 454. The lowest BCUT2D eigenvalue weighted by atomic mass is 10.0. The van der Waals surface area contributed by atoms with Gasteiger partial charge in [0.15, 0.2) is 0 Å². The predicted octanol–water partition coefficient (Wildman–Crippen LogP) is 1.02. The fourth-order valence-corrected chi connectivity index (χ4v) is 2.39. The van der Waals surface area contributed by atoms with Crippen molar-refractivity contribution in [1.29, 1.82) is 0 Å². The zero-order chi connectivity index (χ0) is 15.4. The Morgan fingerprint density at radius 1 is 1.45 bits per heavy atom. The van der Waals surface area contributed by atoms with Crippen LogP contribution in [0.1, 0.15) is 36.5 Å². The first-order chi connectivity index (χ1) is 9.22. The molecular weight excluding hydrogens is 254 g/mol. The van der Waals surface area contributed by atoms with E-state index in [0.29, 0.717) is 23.0 Å².